The molecule has 1 aromatic heterocycles. The van der Waals surface area contributed by atoms with Crippen molar-refractivity contribution in [1.82, 2.24) is 9.88 Å². The Morgan fingerprint density at radius 2 is 2.03 bits per heavy atom. The van der Waals surface area contributed by atoms with Gasteiger partial charge in [-0.2, -0.15) is 0 Å². The van der Waals surface area contributed by atoms with E-state index in [4.69, 9.17) is 12.2 Å². The van der Waals surface area contributed by atoms with Gasteiger partial charge in [0.05, 0.1) is 15.1 Å². The van der Waals surface area contributed by atoms with E-state index >= 15 is 0 Å². The van der Waals surface area contributed by atoms with Crippen LogP contribution in [-0.2, 0) is 9.59 Å². The van der Waals surface area contributed by atoms with Gasteiger partial charge in [-0.3, -0.25) is 14.5 Å². The van der Waals surface area contributed by atoms with Gasteiger partial charge in [-0.05, 0) is 36.3 Å². The molecule has 3 aromatic rings. The van der Waals surface area contributed by atoms with E-state index in [1.54, 1.807) is 0 Å². The van der Waals surface area contributed by atoms with E-state index in [2.05, 4.69) is 10.3 Å². The first-order chi connectivity index (χ1) is 14.0. The SMILES string of the molecule is Cc1ccc2nc(NC(=O)CCN3C(=O)/C(=C/c4ccccc4)SC3=S)sc2c1. The van der Waals surface area contributed by atoms with Crippen molar-refractivity contribution in [2.75, 3.05) is 11.9 Å². The smallest absolute Gasteiger partial charge is 0.266 e. The topological polar surface area (TPSA) is 62.3 Å². The third-order valence-electron chi connectivity index (χ3n) is 4.32. The molecule has 1 aliphatic rings. The lowest BCUT2D eigenvalue weighted by atomic mass is 10.2. The summed E-state index contributed by atoms with van der Waals surface area (Å²) in [6.45, 7) is 2.26. The Hall–Kier alpha value is -2.55. The molecule has 0 bridgehead atoms. The zero-order valence-electron chi connectivity index (χ0n) is 15.5. The van der Waals surface area contributed by atoms with Gasteiger partial charge in [-0.25, -0.2) is 4.98 Å². The number of carbonyl (C=O) groups is 2. The number of nitrogens with zero attached hydrogens (tertiary/aromatic N) is 2. The number of fused-ring (bicyclic) bond motifs is 1. The van der Waals surface area contributed by atoms with Crippen LogP contribution >= 0.6 is 35.3 Å². The second-order valence-corrected chi connectivity index (χ2v) is 9.24. The second-order valence-electron chi connectivity index (χ2n) is 6.53. The lowest BCUT2D eigenvalue weighted by Gasteiger charge is -2.13. The fourth-order valence-corrected chi connectivity index (χ4v) is 5.16. The Morgan fingerprint density at radius 3 is 2.83 bits per heavy atom. The van der Waals surface area contributed by atoms with Gasteiger partial charge in [0.25, 0.3) is 5.91 Å². The van der Waals surface area contributed by atoms with Gasteiger partial charge in [-0.1, -0.05) is 71.7 Å². The molecule has 8 heteroatoms. The molecule has 0 unspecified atom stereocenters. The van der Waals surface area contributed by atoms with E-state index < -0.39 is 0 Å². The van der Waals surface area contributed by atoms with E-state index in [1.807, 2.05) is 61.5 Å². The summed E-state index contributed by atoms with van der Waals surface area (Å²) in [5, 5.41) is 3.38. The number of thioether (sulfide) groups is 1. The van der Waals surface area contributed by atoms with Gasteiger partial charge in [0.1, 0.15) is 4.32 Å². The van der Waals surface area contributed by atoms with Gasteiger partial charge in [0, 0.05) is 13.0 Å². The second kappa shape index (κ2) is 8.44. The number of benzene rings is 2. The first kappa shape index (κ1) is 19.8. The summed E-state index contributed by atoms with van der Waals surface area (Å²) in [6.07, 6.45) is 1.97. The number of hydrogen-bond acceptors (Lipinski definition) is 6. The van der Waals surface area contributed by atoms with Crippen molar-refractivity contribution in [1.29, 1.82) is 0 Å². The first-order valence-corrected chi connectivity index (χ1v) is 11.0. The minimum atomic E-state index is -0.193. The summed E-state index contributed by atoms with van der Waals surface area (Å²) in [5.41, 5.74) is 2.95. The Bertz CT molecular complexity index is 1140. The highest BCUT2D eigenvalue weighted by Gasteiger charge is 2.32. The van der Waals surface area contributed by atoms with Crippen LogP contribution in [0.4, 0.5) is 5.13 Å². The molecule has 2 aromatic carbocycles. The number of carbonyl (C=O) groups excluding carboxylic acids is 2. The minimum Gasteiger partial charge on any atom is -0.302 e. The molecular weight excluding hydrogens is 422 g/mol. The van der Waals surface area contributed by atoms with E-state index in [-0.39, 0.29) is 24.8 Å². The number of rotatable bonds is 5. The van der Waals surface area contributed by atoms with Gasteiger partial charge < -0.3 is 5.32 Å². The van der Waals surface area contributed by atoms with Crippen LogP contribution in [0.25, 0.3) is 16.3 Å². The van der Waals surface area contributed by atoms with E-state index in [9.17, 15) is 9.59 Å². The highest BCUT2D eigenvalue weighted by molar-refractivity contribution is 8.26. The van der Waals surface area contributed by atoms with Crippen LogP contribution in [0, 0.1) is 6.92 Å². The summed E-state index contributed by atoms with van der Waals surface area (Å²) in [6, 6.07) is 15.6. The normalized spacial score (nSPS) is 15.5. The molecule has 2 amide bonds. The molecule has 0 atom stereocenters. The number of aryl methyl sites for hydroxylation is 1. The highest BCUT2D eigenvalue weighted by atomic mass is 32.2. The number of amides is 2. The number of aromatic nitrogens is 1. The molecule has 4 rings (SSSR count). The molecule has 146 valence electrons. The molecule has 1 fully saturated rings. The number of thiazole rings is 1. The third-order valence-corrected chi connectivity index (χ3v) is 6.64. The number of hydrogen-bond donors (Lipinski definition) is 1. The molecule has 2 heterocycles. The van der Waals surface area contributed by atoms with Gasteiger partial charge in [0.15, 0.2) is 5.13 Å². The monoisotopic (exact) mass is 439 g/mol. The zero-order valence-corrected chi connectivity index (χ0v) is 18.0. The van der Waals surface area contributed by atoms with Crippen LogP contribution < -0.4 is 5.32 Å². The molecule has 29 heavy (non-hydrogen) atoms. The van der Waals surface area contributed by atoms with Crippen LogP contribution in [0.3, 0.4) is 0 Å². The lowest BCUT2D eigenvalue weighted by Crippen LogP contribution is -2.31. The average Bonchev–Trinajstić information content (AvgIpc) is 3.20. The Kier molecular flexibility index (Phi) is 5.75. The summed E-state index contributed by atoms with van der Waals surface area (Å²) >= 11 is 8.04. The quantitative estimate of drug-likeness (QED) is 0.456. The lowest BCUT2D eigenvalue weighted by molar-refractivity contribution is -0.122. The summed E-state index contributed by atoms with van der Waals surface area (Å²) in [7, 11) is 0. The van der Waals surface area contributed by atoms with E-state index in [1.165, 1.54) is 28.0 Å². The van der Waals surface area contributed by atoms with Gasteiger partial charge in [-0.15, -0.1) is 0 Å². The number of nitrogens with one attached hydrogen (secondary N) is 1. The maximum Gasteiger partial charge on any atom is 0.266 e. The maximum atomic E-state index is 12.6. The Labute approximate surface area is 181 Å². The maximum absolute atomic E-state index is 12.6. The van der Waals surface area contributed by atoms with Gasteiger partial charge in [0.2, 0.25) is 5.91 Å². The van der Waals surface area contributed by atoms with E-state index in [0.29, 0.717) is 14.4 Å². The van der Waals surface area contributed by atoms with Crippen molar-refractivity contribution in [2.24, 2.45) is 0 Å². The van der Waals surface area contributed by atoms with Crippen LogP contribution in [0.5, 0.6) is 0 Å². The molecule has 1 saturated heterocycles. The highest BCUT2D eigenvalue weighted by Crippen LogP contribution is 2.32. The molecule has 1 N–H and O–H groups in total. The van der Waals surface area contributed by atoms with Gasteiger partial charge >= 0.3 is 0 Å². The Morgan fingerprint density at radius 1 is 1.24 bits per heavy atom. The summed E-state index contributed by atoms with van der Waals surface area (Å²) < 4.78 is 1.50. The van der Waals surface area contributed by atoms with Crippen molar-refractivity contribution in [3.63, 3.8) is 0 Å². The summed E-state index contributed by atoms with van der Waals surface area (Å²) in [5.74, 6) is -0.353. The molecule has 0 saturated carbocycles. The van der Waals surface area contributed by atoms with Crippen LogP contribution in [0.1, 0.15) is 17.5 Å². The molecule has 1 aliphatic heterocycles. The van der Waals surface area contributed by atoms with Crippen molar-refractivity contribution in [3.05, 3.63) is 64.6 Å². The standard InChI is InChI=1S/C21H17N3O2S3/c1-13-7-8-15-16(11-13)28-20(22-15)23-18(25)9-10-24-19(26)17(29-21(24)27)12-14-5-3-2-4-6-14/h2-8,11-12H,9-10H2,1H3,(H,22,23,25)/b17-12-. The zero-order chi connectivity index (χ0) is 20.4. The molecule has 5 nitrogen and oxygen atoms in total. The fraction of sp³-hybridized carbons (Fsp3) is 0.143. The van der Waals surface area contributed by atoms with E-state index in [0.717, 1.165) is 21.3 Å². The molecular formula is C21H17N3O2S3. The number of anilines is 1. The molecule has 0 aliphatic carbocycles. The average molecular weight is 440 g/mol. The summed E-state index contributed by atoms with van der Waals surface area (Å²) in [4.78, 5) is 31.5. The van der Waals surface area contributed by atoms with Crippen LogP contribution in [-0.4, -0.2) is 32.6 Å². The first-order valence-electron chi connectivity index (χ1n) is 8.97. The molecule has 0 spiro atoms. The number of thiocarbonyl (C=S) groups is 1. The van der Waals surface area contributed by atoms with Crippen LogP contribution in [0.2, 0.25) is 0 Å². The fourth-order valence-electron chi connectivity index (χ4n) is 2.87. The predicted octanol–water partition coefficient (Wildman–Crippen LogP) is 4.83. The van der Waals surface area contributed by atoms with Crippen molar-refractivity contribution >= 4 is 72.9 Å². The van der Waals surface area contributed by atoms with Crippen molar-refractivity contribution in [2.45, 2.75) is 13.3 Å². The van der Waals surface area contributed by atoms with Crippen molar-refractivity contribution < 1.29 is 9.59 Å². The largest absolute Gasteiger partial charge is 0.302 e. The van der Waals surface area contributed by atoms with Crippen molar-refractivity contribution in [3.8, 4) is 0 Å². The third kappa shape index (κ3) is 4.55. The Balaban J connectivity index is 1.37. The predicted molar refractivity (Wildman–Crippen MR) is 124 cm³/mol. The van der Waals surface area contributed by atoms with Crippen LogP contribution in [0.15, 0.2) is 53.4 Å². The minimum absolute atomic E-state index is 0.153. The molecule has 0 radical (unpaired) electrons.